The normalized spacial score (nSPS) is 14.7. The molecule has 14 heteroatoms. The van der Waals surface area contributed by atoms with Crippen LogP contribution in [-0.2, 0) is 18.3 Å². The molecule has 0 radical (unpaired) electrons. The predicted octanol–water partition coefficient (Wildman–Crippen LogP) is 7.63. The van der Waals surface area contributed by atoms with E-state index in [9.17, 15) is 19.2 Å². The first-order chi connectivity index (χ1) is 27.3. The first-order valence-electron chi connectivity index (χ1n) is 19.0. The zero-order valence-corrected chi connectivity index (χ0v) is 33.9. The van der Waals surface area contributed by atoms with Gasteiger partial charge in [-0.25, -0.2) is 9.97 Å². The van der Waals surface area contributed by atoms with Crippen molar-refractivity contribution in [1.29, 1.82) is 0 Å². The molecule has 0 saturated carbocycles. The number of benzene rings is 3. The van der Waals surface area contributed by atoms with Crippen LogP contribution in [0.1, 0.15) is 82.8 Å². The van der Waals surface area contributed by atoms with Crippen LogP contribution in [0.4, 0.5) is 22.9 Å². The summed E-state index contributed by atoms with van der Waals surface area (Å²) < 4.78 is 13.3. The second-order valence-electron chi connectivity index (χ2n) is 15.7. The van der Waals surface area contributed by atoms with Gasteiger partial charge in [0, 0.05) is 68.1 Å². The van der Waals surface area contributed by atoms with E-state index in [1.165, 1.54) is 24.0 Å². The lowest BCUT2D eigenvalue weighted by Crippen LogP contribution is -2.41. The van der Waals surface area contributed by atoms with Gasteiger partial charge in [-0.1, -0.05) is 51.1 Å². The number of hydrogen-bond acceptors (Lipinski definition) is 10. The van der Waals surface area contributed by atoms with Gasteiger partial charge in [0.2, 0.25) is 11.7 Å². The van der Waals surface area contributed by atoms with Gasteiger partial charge < -0.3 is 34.5 Å². The second kappa shape index (κ2) is 16.2. The summed E-state index contributed by atoms with van der Waals surface area (Å²) >= 11 is 1.34. The monoisotopic (exact) mass is 789 g/mol. The van der Waals surface area contributed by atoms with E-state index in [1.54, 1.807) is 36.0 Å². The molecular formula is C43H47N7O6S. The summed E-state index contributed by atoms with van der Waals surface area (Å²) in [5.74, 6) is 0.565. The van der Waals surface area contributed by atoms with E-state index in [2.05, 4.69) is 52.3 Å². The Morgan fingerprint density at radius 3 is 2.47 bits per heavy atom. The highest BCUT2D eigenvalue weighted by Gasteiger charge is 2.39. The molecule has 0 aliphatic carbocycles. The minimum absolute atomic E-state index is 0.0238. The Labute approximate surface area is 336 Å². The van der Waals surface area contributed by atoms with E-state index in [0.717, 1.165) is 29.8 Å². The van der Waals surface area contributed by atoms with Crippen molar-refractivity contribution in [3.63, 3.8) is 0 Å². The molecule has 3 amide bonds. The summed E-state index contributed by atoms with van der Waals surface area (Å²) in [4.78, 5) is 65.4. The Balaban J connectivity index is 0.904. The quantitative estimate of drug-likeness (QED) is 0.0908. The number of hydrogen-bond donors (Lipinski definition) is 2. The van der Waals surface area contributed by atoms with Crippen LogP contribution in [0.2, 0.25) is 0 Å². The minimum Gasteiger partial charge on any atom is -0.493 e. The van der Waals surface area contributed by atoms with Gasteiger partial charge in [-0.05, 0) is 54.5 Å². The fourth-order valence-corrected chi connectivity index (χ4v) is 7.93. The van der Waals surface area contributed by atoms with Crippen LogP contribution >= 0.6 is 11.3 Å². The number of methoxy groups -OCH3 is 1. The number of nitrogens with one attached hydrogen (secondary N) is 2. The first kappa shape index (κ1) is 39.2. The number of aromatic nitrogens is 3. The second-order valence-corrected chi connectivity index (χ2v) is 16.5. The Bertz CT molecular complexity index is 2330. The maximum absolute atomic E-state index is 13.9. The number of carbonyl (C=O) groups excluding carboxylic acids is 4. The summed E-state index contributed by atoms with van der Waals surface area (Å²) in [6.45, 7) is 7.24. The van der Waals surface area contributed by atoms with Crippen LogP contribution < -0.4 is 29.9 Å². The van der Waals surface area contributed by atoms with Crippen molar-refractivity contribution in [2.24, 2.45) is 12.5 Å². The number of imidazole rings is 1. The number of amides is 3. The Hall–Kier alpha value is -6.02. The largest absolute Gasteiger partial charge is 0.493 e. The number of rotatable bonds is 13. The summed E-state index contributed by atoms with van der Waals surface area (Å²) in [6.07, 6.45) is 4.18. The van der Waals surface area contributed by atoms with E-state index >= 15 is 0 Å². The summed E-state index contributed by atoms with van der Waals surface area (Å²) in [5.41, 5.74) is 5.60. The van der Waals surface area contributed by atoms with Crippen molar-refractivity contribution < 1.29 is 28.7 Å². The van der Waals surface area contributed by atoms with Gasteiger partial charge in [-0.15, -0.1) is 11.3 Å². The van der Waals surface area contributed by atoms with Gasteiger partial charge in [0.25, 0.3) is 11.8 Å². The molecule has 2 aromatic heterocycles. The molecule has 1 atom stereocenters. The summed E-state index contributed by atoms with van der Waals surface area (Å²) in [5, 5.41) is 7.98. The number of likely N-dealkylation sites (N-methyl/N-ethyl adjacent to an activating group) is 1. The number of ether oxygens (including phenoxy) is 2. The fourth-order valence-electron chi connectivity index (χ4n) is 7.13. The lowest BCUT2D eigenvalue weighted by atomic mass is 9.90. The average Bonchev–Trinajstić information content (AvgIpc) is 3.90. The molecule has 2 N–H and O–H groups in total. The summed E-state index contributed by atoms with van der Waals surface area (Å²) in [7, 11) is 5.19. The molecule has 0 fully saturated rings. The Morgan fingerprint density at radius 2 is 1.72 bits per heavy atom. The molecule has 3 aromatic carbocycles. The van der Waals surface area contributed by atoms with Crippen molar-refractivity contribution in [3.05, 3.63) is 94.2 Å². The van der Waals surface area contributed by atoms with E-state index in [0.29, 0.717) is 52.8 Å². The van der Waals surface area contributed by atoms with Crippen molar-refractivity contribution >= 4 is 57.7 Å². The smallest absolute Gasteiger partial charge is 0.291 e. The number of nitrogens with zero attached hydrogens (tertiary/aromatic N) is 5. The van der Waals surface area contributed by atoms with Crippen molar-refractivity contribution in [3.8, 4) is 22.8 Å². The van der Waals surface area contributed by atoms with E-state index < -0.39 is 5.91 Å². The van der Waals surface area contributed by atoms with Crippen LogP contribution in [0.3, 0.4) is 0 Å². The van der Waals surface area contributed by atoms with Gasteiger partial charge in [0.05, 0.1) is 36.7 Å². The highest BCUT2D eigenvalue weighted by molar-refractivity contribution is 7.12. The van der Waals surface area contributed by atoms with Crippen LogP contribution in [0, 0.1) is 5.41 Å². The van der Waals surface area contributed by atoms with Gasteiger partial charge >= 0.3 is 0 Å². The number of fused-ring (bicyclic) bond motifs is 4. The standard InChI is InChI=1S/C43H47N7O6S/c1-43(2,3)18-17-34(51)41-45-31(25-57-41)26-13-15-28(16-14-26)44-40(53)39-47-37(24-49(39)5)46-38(52)12-9-19-56-36-22-33-30(21-35(36)55-6)42(54)50-29(23-48(33)4)20-27-10-7-8-11-32(27)50/h7-8,10-11,13-16,21-22,24-25,29H,9,12,17-20,23H2,1-6H3,(H,44,53)(H,46,52)/t29-/m0/s1. The molecule has 5 aromatic rings. The van der Waals surface area contributed by atoms with Crippen molar-refractivity contribution in [1.82, 2.24) is 14.5 Å². The third-order valence-corrected chi connectivity index (χ3v) is 11.0. The number of anilines is 4. The molecule has 7 rings (SSSR count). The molecule has 0 unspecified atom stereocenters. The minimum atomic E-state index is -0.438. The van der Waals surface area contributed by atoms with Gasteiger partial charge in [0.1, 0.15) is 0 Å². The van der Waals surface area contributed by atoms with Crippen LogP contribution in [-0.4, -0.2) is 71.4 Å². The number of ketones is 1. The van der Waals surface area contributed by atoms with E-state index in [1.807, 2.05) is 53.7 Å². The number of aryl methyl sites for hydroxylation is 1. The van der Waals surface area contributed by atoms with Crippen LogP contribution in [0.5, 0.6) is 11.5 Å². The highest BCUT2D eigenvalue weighted by Crippen LogP contribution is 2.42. The predicted molar refractivity (Wildman–Crippen MR) is 222 cm³/mol. The molecule has 2 aliphatic heterocycles. The molecule has 4 heterocycles. The SMILES string of the molecule is COc1cc2c(cc1OCCCC(=O)Nc1cn(C)c(C(=O)Nc3ccc(-c4csc(C(=O)CCC(C)(C)C)n4)cc3)n1)N(C)C[C@@H]1Cc3ccccc3N1C2=O. The molecule has 0 bridgehead atoms. The number of Topliss-reactive ketones (excluding diaryl/α,β-unsaturated/α-hetero) is 1. The number of para-hydroxylation sites is 1. The van der Waals surface area contributed by atoms with Crippen LogP contribution in [0.25, 0.3) is 11.3 Å². The molecule has 0 spiro atoms. The van der Waals surface area contributed by atoms with Gasteiger partial charge in [0.15, 0.2) is 28.1 Å². The van der Waals surface area contributed by atoms with Crippen molar-refractivity contribution in [2.75, 3.05) is 47.7 Å². The lowest BCUT2D eigenvalue weighted by Gasteiger charge is -2.25. The van der Waals surface area contributed by atoms with E-state index in [4.69, 9.17) is 9.47 Å². The molecule has 2 aliphatic rings. The third kappa shape index (κ3) is 8.70. The molecule has 0 saturated heterocycles. The molecule has 13 nitrogen and oxygen atoms in total. The Kier molecular flexibility index (Phi) is 11.2. The average molecular weight is 790 g/mol. The van der Waals surface area contributed by atoms with Crippen LogP contribution in [0.15, 0.2) is 72.2 Å². The van der Waals surface area contributed by atoms with Crippen molar-refractivity contribution in [2.45, 2.75) is 58.9 Å². The topological polar surface area (TPSA) is 148 Å². The summed E-state index contributed by atoms with van der Waals surface area (Å²) in [6, 6.07) is 18.8. The number of carbonyl (C=O) groups is 4. The molecule has 57 heavy (non-hydrogen) atoms. The highest BCUT2D eigenvalue weighted by atomic mass is 32.1. The Morgan fingerprint density at radius 1 is 0.947 bits per heavy atom. The molecule has 296 valence electrons. The number of thiazole rings is 1. The van der Waals surface area contributed by atoms with Gasteiger partial charge in [-0.2, -0.15) is 0 Å². The zero-order valence-electron chi connectivity index (χ0n) is 33.0. The fraction of sp³-hybridized carbons (Fsp3) is 0.349. The third-order valence-electron chi connectivity index (χ3n) is 10.1. The van der Waals surface area contributed by atoms with Gasteiger partial charge in [-0.3, -0.25) is 19.2 Å². The first-order valence-corrected chi connectivity index (χ1v) is 19.9. The maximum atomic E-state index is 13.9. The zero-order chi connectivity index (χ0) is 40.4. The maximum Gasteiger partial charge on any atom is 0.291 e. The van der Waals surface area contributed by atoms with E-state index in [-0.39, 0.29) is 53.7 Å². The lowest BCUT2D eigenvalue weighted by molar-refractivity contribution is -0.116. The molecular weight excluding hydrogens is 743 g/mol.